The smallest absolute Gasteiger partial charge is 0.302 e. The van der Waals surface area contributed by atoms with Crippen molar-refractivity contribution in [3.63, 3.8) is 0 Å². The zero-order valence-electron chi connectivity index (χ0n) is 18.0. The quantitative estimate of drug-likeness (QED) is 0.594. The topological polar surface area (TPSA) is 59.1 Å². The van der Waals surface area contributed by atoms with E-state index in [4.69, 9.17) is 9.47 Å². The molecule has 1 aromatic carbocycles. The van der Waals surface area contributed by atoms with Crippen molar-refractivity contribution < 1.29 is 19.1 Å². The largest absolute Gasteiger partial charge is 0.465 e. The third-order valence-electron chi connectivity index (χ3n) is 4.53. The molecule has 1 heterocycles. The van der Waals surface area contributed by atoms with Crippen molar-refractivity contribution >= 4 is 36.8 Å². The molecule has 0 bridgehead atoms. The molecule has 1 saturated heterocycles. The van der Waals surface area contributed by atoms with Gasteiger partial charge in [0.1, 0.15) is 13.2 Å². The molecule has 1 fully saturated rings. The Morgan fingerprint density at radius 2 is 1.28 bits per heavy atom. The molecule has 8 heteroatoms. The van der Waals surface area contributed by atoms with Crippen LogP contribution in [0.5, 0.6) is 0 Å². The number of hydrogen-bond acceptors (Lipinski definition) is 6. The molecule has 0 aromatic heterocycles. The molecule has 1 aliphatic rings. The predicted octanol–water partition coefficient (Wildman–Crippen LogP) is 3.13. The molecule has 0 unspecified atom stereocenters. The first-order valence-electron chi connectivity index (χ1n) is 9.68. The van der Waals surface area contributed by atoms with Crippen molar-refractivity contribution in [1.82, 2.24) is 9.80 Å². The fourth-order valence-electron chi connectivity index (χ4n) is 2.88. The molecule has 0 spiro atoms. The van der Waals surface area contributed by atoms with Crippen LogP contribution in [0.1, 0.15) is 31.9 Å². The van der Waals surface area contributed by atoms with Crippen LogP contribution >= 0.6 is 24.8 Å². The zero-order chi connectivity index (χ0) is 20.1. The van der Waals surface area contributed by atoms with Crippen molar-refractivity contribution in [3.8, 4) is 0 Å². The lowest BCUT2D eigenvalue weighted by Gasteiger charge is -2.34. The van der Waals surface area contributed by atoms with Gasteiger partial charge in [-0.05, 0) is 24.5 Å². The lowest BCUT2D eigenvalue weighted by molar-refractivity contribution is -0.142. The third kappa shape index (κ3) is 14.3. The van der Waals surface area contributed by atoms with Crippen LogP contribution in [0, 0.1) is 6.92 Å². The minimum absolute atomic E-state index is 0. The van der Waals surface area contributed by atoms with Crippen molar-refractivity contribution in [1.29, 1.82) is 0 Å². The van der Waals surface area contributed by atoms with E-state index < -0.39 is 0 Å². The Balaban J connectivity index is 0. The van der Waals surface area contributed by atoms with Gasteiger partial charge in [-0.2, -0.15) is 0 Å². The number of esters is 2. The summed E-state index contributed by atoms with van der Waals surface area (Å²) < 4.78 is 9.82. The van der Waals surface area contributed by atoms with E-state index >= 15 is 0 Å². The van der Waals surface area contributed by atoms with Gasteiger partial charge < -0.3 is 9.47 Å². The maximum Gasteiger partial charge on any atom is 0.302 e. The average Bonchev–Trinajstić information content (AvgIpc) is 2.63. The van der Waals surface area contributed by atoms with E-state index in [0.29, 0.717) is 13.2 Å². The number of rotatable bonds is 7. The molecule has 0 aliphatic carbocycles. The van der Waals surface area contributed by atoms with Crippen molar-refractivity contribution in [3.05, 3.63) is 35.4 Å². The zero-order valence-corrected chi connectivity index (χ0v) is 19.7. The first-order chi connectivity index (χ1) is 12.9. The molecule has 0 atom stereocenters. The molecule has 2 rings (SSSR count). The average molecular weight is 451 g/mol. The summed E-state index contributed by atoms with van der Waals surface area (Å²) in [6.07, 6.45) is 1.15. The Labute approximate surface area is 187 Å². The number of hydrogen-bond donors (Lipinski definition) is 0. The fourth-order valence-corrected chi connectivity index (χ4v) is 2.88. The van der Waals surface area contributed by atoms with Gasteiger partial charge in [0.2, 0.25) is 0 Å². The highest BCUT2D eigenvalue weighted by Gasteiger charge is 2.16. The molecule has 0 amide bonds. The summed E-state index contributed by atoms with van der Waals surface area (Å²) in [5.74, 6) is -0.454. The minimum Gasteiger partial charge on any atom is -0.465 e. The molecular weight excluding hydrogens is 415 g/mol. The highest BCUT2D eigenvalue weighted by atomic mass is 35.5. The van der Waals surface area contributed by atoms with Gasteiger partial charge in [-0.1, -0.05) is 31.2 Å². The SMILES string of the molecule is CC(=O)OCCN1CCN(CCOC(C)=O)CC1.CCc1ccccc1C.Cl.Cl. The number of piperazine rings is 1. The lowest BCUT2D eigenvalue weighted by atomic mass is 10.1. The Morgan fingerprint density at radius 1 is 0.862 bits per heavy atom. The second-order valence-electron chi connectivity index (χ2n) is 6.64. The van der Waals surface area contributed by atoms with Crippen LogP contribution in [0.2, 0.25) is 0 Å². The summed E-state index contributed by atoms with van der Waals surface area (Å²) in [5, 5.41) is 0. The van der Waals surface area contributed by atoms with Gasteiger partial charge in [0.25, 0.3) is 0 Å². The van der Waals surface area contributed by atoms with Crippen LogP contribution in [-0.4, -0.2) is 74.2 Å². The van der Waals surface area contributed by atoms with Crippen LogP contribution in [-0.2, 0) is 25.5 Å². The van der Waals surface area contributed by atoms with Crippen LogP contribution in [0.15, 0.2) is 24.3 Å². The van der Waals surface area contributed by atoms with Gasteiger partial charge in [-0.15, -0.1) is 24.8 Å². The van der Waals surface area contributed by atoms with Gasteiger partial charge in [0.05, 0.1) is 0 Å². The monoisotopic (exact) mass is 450 g/mol. The van der Waals surface area contributed by atoms with E-state index in [2.05, 4.69) is 47.9 Å². The fraction of sp³-hybridized carbons (Fsp3) is 0.619. The number of halogens is 2. The predicted molar refractivity (Wildman–Crippen MR) is 121 cm³/mol. The van der Waals surface area contributed by atoms with E-state index in [1.165, 1.54) is 25.0 Å². The first-order valence-corrected chi connectivity index (χ1v) is 9.68. The Hall–Kier alpha value is -1.34. The molecule has 0 N–H and O–H groups in total. The number of nitrogens with zero attached hydrogens (tertiary/aromatic N) is 2. The number of ether oxygens (including phenoxy) is 2. The van der Waals surface area contributed by atoms with E-state index in [-0.39, 0.29) is 36.8 Å². The summed E-state index contributed by atoms with van der Waals surface area (Å²) in [6, 6.07) is 8.49. The van der Waals surface area contributed by atoms with Gasteiger partial charge in [-0.25, -0.2) is 0 Å². The summed E-state index contributed by atoms with van der Waals surface area (Å²) in [5.41, 5.74) is 2.86. The molecule has 168 valence electrons. The first kappa shape index (κ1) is 29.9. The standard InChI is InChI=1S/C12H22N2O4.C9H12.2ClH/c1-11(15)17-9-7-13-3-5-14(6-4-13)8-10-18-12(2)16;1-3-9-7-5-4-6-8(9)2;;/h3-10H2,1-2H3;4-7H,3H2,1-2H3;2*1H. The van der Waals surface area contributed by atoms with Crippen molar-refractivity contribution in [2.75, 3.05) is 52.5 Å². The van der Waals surface area contributed by atoms with E-state index in [1.807, 2.05) is 0 Å². The molecule has 1 aliphatic heterocycles. The second-order valence-corrected chi connectivity index (χ2v) is 6.64. The third-order valence-corrected chi connectivity index (χ3v) is 4.53. The van der Waals surface area contributed by atoms with Gasteiger partial charge in [0.15, 0.2) is 0 Å². The molecule has 0 saturated carbocycles. The van der Waals surface area contributed by atoms with Crippen molar-refractivity contribution in [2.24, 2.45) is 0 Å². The van der Waals surface area contributed by atoms with Gasteiger partial charge in [-0.3, -0.25) is 19.4 Å². The molecule has 29 heavy (non-hydrogen) atoms. The Morgan fingerprint density at radius 3 is 1.59 bits per heavy atom. The second kappa shape index (κ2) is 17.5. The minimum atomic E-state index is -0.227. The lowest BCUT2D eigenvalue weighted by Crippen LogP contribution is -2.48. The Kier molecular flexibility index (Phi) is 18.0. The van der Waals surface area contributed by atoms with Crippen LogP contribution < -0.4 is 0 Å². The van der Waals surface area contributed by atoms with Crippen molar-refractivity contribution in [2.45, 2.75) is 34.1 Å². The van der Waals surface area contributed by atoms with Crippen LogP contribution in [0.3, 0.4) is 0 Å². The normalized spacial score (nSPS) is 13.8. The van der Waals surface area contributed by atoms with Gasteiger partial charge >= 0.3 is 11.9 Å². The number of carbonyl (C=O) groups excluding carboxylic acids is 2. The Bertz CT molecular complexity index is 552. The molecule has 1 aromatic rings. The summed E-state index contributed by atoms with van der Waals surface area (Å²) in [6.45, 7) is 13.5. The highest BCUT2D eigenvalue weighted by Crippen LogP contribution is 2.06. The number of carbonyl (C=O) groups is 2. The van der Waals surface area contributed by atoms with Crippen LogP contribution in [0.4, 0.5) is 0 Å². The molecular formula is C21H36Cl2N2O4. The highest BCUT2D eigenvalue weighted by molar-refractivity contribution is 5.85. The molecule has 0 radical (unpaired) electrons. The van der Waals surface area contributed by atoms with E-state index in [9.17, 15) is 9.59 Å². The summed E-state index contributed by atoms with van der Waals surface area (Å²) in [4.78, 5) is 25.8. The van der Waals surface area contributed by atoms with Gasteiger partial charge in [0, 0.05) is 53.1 Å². The van der Waals surface area contributed by atoms with Crippen LogP contribution in [0.25, 0.3) is 0 Å². The number of aryl methyl sites for hydroxylation is 2. The van der Waals surface area contributed by atoms with E-state index in [0.717, 1.165) is 45.7 Å². The maximum atomic E-state index is 10.6. The summed E-state index contributed by atoms with van der Waals surface area (Å²) in [7, 11) is 0. The summed E-state index contributed by atoms with van der Waals surface area (Å²) >= 11 is 0. The maximum absolute atomic E-state index is 10.6. The molecule has 6 nitrogen and oxygen atoms in total. The van der Waals surface area contributed by atoms with E-state index in [1.54, 1.807) is 0 Å². The number of benzene rings is 1.